The predicted octanol–water partition coefficient (Wildman–Crippen LogP) is 3.84. The molecule has 0 atom stereocenters. The molecule has 2 aliphatic rings. The SMILES string of the molecule is CC(C)(C)S(=O)(=O)NCC1CCC(Nc2nc(C3(c4ccccc4)CC3)no2)CC1. The first kappa shape index (κ1) is 21.3. The van der Waals surface area contributed by atoms with Crippen molar-refractivity contribution in [1.82, 2.24) is 14.9 Å². The number of benzene rings is 1. The van der Waals surface area contributed by atoms with Crippen LogP contribution in [0.15, 0.2) is 34.9 Å². The van der Waals surface area contributed by atoms with Crippen molar-refractivity contribution in [1.29, 1.82) is 0 Å². The third kappa shape index (κ3) is 4.39. The molecule has 30 heavy (non-hydrogen) atoms. The van der Waals surface area contributed by atoms with E-state index >= 15 is 0 Å². The van der Waals surface area contributed by atoms with Gasteiger partial charge in [-0.05, 0) is 70.8 Å². The first-order valence-corrected chi connectivity index (χ1v) is 12.3. The third-order valence-corrected chi connectivity index (χ3v) is 8.63. The second-order valence-electron chi connectivity index (χ2n) is 9.70. The summed E-state index contributed by atoms with van der Waals surface area (Å²) in [5.41, 5.74) is 1.16. The van der Waals surface area contributed by atoms with Gasteiger partial charge in [0.15, 0.2) is 5.82 Å². The van der Waals surface area contributed by atoms with Crippen LogP contribution in [0.4, 0.5) is 6.01 Å². The number of hydrogen-bond acceptors (Lipinski definition) is 6. The predicted molar refractivity (Wildman–Crippen MR) is 117 cm³/mol. The molecule has 0 unspecified atom stereocenters. The van der Waals surface area contributed by atoms with Crippen LogP contribution in [0.5, 0.6) is 0 Å². The van der Waals surface area contributed by atoms with E-state index < -0.39 is 14.8 Å². The number of anilines is 1. The molecular formula is C22H32N4O3S. The summed E-state index contributed by atoms with van der Waals surface area (Å²) in [6.07, 6.45) is 5.96. The quantitative estimate of drug-likeness (QED) is 0.690. The molecule has 2 N–H and O–H groups in total. The van der Waals surface area contributed by atoms with Crippen molar-refractivity contribution in [2.75, 3.05) is 11.9 Å². The van der Waals surface area contributed by atoms with Crippen LogP contribution in [0.1, 0.15) is 70.7 Å². The minimum absolute atomic E-state index is 0.0907. The number of hydrogen-bond donors (Lipinski definition) is 2. The van der Waals surface area contributed by atoms with E-state index in [2.05, 4.69) is 44.4 Å². The average molecular weight is 433 g/mol. The van der Waals surface area contributed by atoms with E-state index in [-0.39, 0.29) is 11.5 Å². The lowest BCUT2D eigenvalue weighted by molar-refractivity contribution is 0.329. The van der Waals surface area contributed by atoms with E-state index in [1.165, 1.54) is 5.56 Å². The number of sulfonamides is 1. The van der Waals surface area contributed by atoms with Gasteiger partial charge in [0.25, 0.3) is 0 Å². The summed E-state index contributed by atoms with van der Waals surface area (Å²) >= 11 is 0. The summed E-state index contributed by atoms with van der Waals surface area (Å²) in [5, 5.41) is 7.65. The number of aromatic nitrogens is 2. The van der Waals surface area contributed by atoms with Crippen LogP contribution >= 0.6 is 0 Å². The molecule has 0 bridgehead atoms. The van der Waals surface area contributed by atoms with Gasteiger partial charge in [-0.15, -0.1) is 0 Å². The fourth-order valence-corrected chi connectivity index (χ4v) is 5.02. The largest absolute Gasteiger partial charge is 0.335 e. The van der Waals surface area contributed by atoms with Crippen molar-refractivity contribution in [2.24, 2.45) is 5.92 Å². The maximum absolute atomic E-state index is 12.2. The van der Waals surface area contributed by atoms with Crippen molar-refractivity contribution < 1.29 is 12.9 Å². The van der Waals surface area contributed by atoms with Crippen molar-refractivity contribution in [3.63, 3.8) is 0 Å². The van der Waals surface area contributed by atoms with Crippen LogP contribution in [0.3, 0.4) is 0 Å². The molecule has 8 heteroatoms. The van der Waals surface area contributed by atoms with E-state index in [1.54, 1.807) is 20.8 Å². The van der Waals surface area contributed by atoms with Gasteiger partial charge >= 0.3 is 6.01 Å². The fraction of sp³-hybridized carbons (Fsp3) is 0.636. The zero-order valence-corrected chi connectivity index (χ0v) is 18.8. The average Bonchev–Trinajstić information content (AvgIpc) is 3.40. The molecule has 2 saturated carbocycles. The molecule has 2 aromatic rings. The molecule has 0 amide bonds. The summed E-state index contributed by atoms with van der Waals surface area (Å²) < 4.78 is 32.0. The van der Waals surface area contributed by atoms with Crippen molar-refractivity contribution in [3.05, 3.63) is 41.7 Å². The number of rotatable bonds is 7. The normalized spacial score (nSPS) is 23.8. The zero-order valence-electron chi connectivity index (χ0n) is 18.0. The van der Waals surface area contributed by atoms with Crippen molar-refractivity contribution >= 4 is 16.0 Å². The maximum atomic E-state index is 12.2. The highest BCUT2D eigenvalue weighted by Crippen LogP contribution is 2.52. The minimum atomic E-state index is -3.29. The van der Waals surface area contributed by atoms with Crippen molar-refractivity contribution in [2.45, 2.75) is 75.5 Å². The molecule has 2 fully saturated rings. The molecule has 164 valence electrons. The summed E-state index contributed by atoms with van der Waals surface area (Å²) in [6.45, 7) is 5.67. The molecule has 1 aromatic heterocycles. The Morgan fingerprint density at radius 3 is 2.37 bits per heavy atom. The topological polar surface area (TPSA) is 97.1 Å². The molecule has 2 aliphatic carbocycles. The minimum Gasteiger partial charge on any atom is -0.335 e. The lowest BCUT2D eigenvalue weighted by Gasteiger charge is -2.29. The molecule has 7 nitrogen and oxygen atoms in total. The fourth-order valence-electron chi connectivity index (χ4n) is 4.13. The standard InChI is InChI=1S/C22H32N4O3S/c1-21(2,3)30(27,28)23-15-16-9-11-18(12-10-16)24-20-25-19(26-29-20)22(13-14-22)17-7-5-4-6-8-17/h4-8,16,18,23H,9-15H2,1-3H3,(H,24,25,26). The lowest BCUT2D eigenvalue weighted by atomic mass is 9.86. The first-order valence-electron chi connectivity index (χ1n) is 10.9. The monoisotopic (exact) mass is 432 g/mol. The molecule has 1 aromatic carbocycles. The highest BCUT2D eigenvalue weighted by Gasteiger charge is 2.50. The zero-order chi connectivity index (χ0) is 21.4. The third-order valence-electron chi connectivity index (χ3n) is 6.47. The van der Waals surface area contributed by atoms with Gasteiger partial charge in [-0.1, -0.05) is 35.5 Å². The van der Waals surface area contributed by atoms with Gasteiger partial charge in [0, 0.05) is 12.6 Å². The summed E-state index contributed by atoms with van der Waals surface area (Å²) in [7, 11) is -3.29. The van der Waals surface area contributed by atoms with Crippen LogP contribution in [-0.2, 0) is 15.4 Å². The van der Waals surface area contributed by atoms with Crippen LogP contribution in [0, 0.1) is 5.92 Å². The van der Waals surface area contributed by atoms with Gasteiger partial charge in [0.1, 0.15) is 0 Å². The Labute approximate surface area is 179 Å². The first-order chi connectivity index (χ1) is 14.2. The van der Waals surface area contributed by atoms with E-state index in [9.17, 15) is 8.42 Å². The van der Waals surface area contributed by atoms with Gasteiger partial charge in [0.05, 0.1) is 10.2 Å². The van der Waals surface area contributed by atoms with Crippen LogP contribution in [0.25, 0.3) is 0 Å². The van der Waals surface area contributed by atoms with Gasteiger partial charge < -0.3 is 9.84 Å². The Morgan fingerprint density at radius 2 is 1.77 bits per heavy atom. The van der Waals surface area contributed by atoms with E-state index in [4.69, 9.17) is 4.52 Å². The van der Waals surface area contributed by atoms with Crippen molar-refractivity contribution in [3.8, 4) is 0 Å². The van der Waals surface area contributed by atoms with Crippen LogP contribution in [-0.4, -0.2) is 35.9 Å². The van der Waals surface area contributed by atoms with E-state index in [0.29, 0.717) is 18.5 Å². The number of nitrogens with zero attached hydrogens (tertiary/aromatic N) is 2. The maximum Gasteiger partial charge on any atom is 0.321 e. The molecule has 1 heterocycles. The van der Waals surface area contributed by atoms with E-state index in [0.717, 1.165) is 44.3 Å². The van der Waals surface area contributed by atoms with E-state index in [1.807, 2.05) is 6.07 Å². The highest BCUT2D eigenvalue weighted by atomic mass is 32.2. The Bertz CT molecular complexity index is 954. The second-order valence-corrected chi connectivity index (χ2v) is 12.2. The Balaban J connectivity index is 1.29. The Kier molecular flexibility index (Phi) is 5.66. The Morgan fingerprint density at radius 1 is 1.10 bits per heavy atom. The lowest BCUT2D eigenvalue weighted by Crippen LogP contribution is -2.42. The van der Waals surface area contributed by atoms with Gasteiger partial charge in [0.2, 0.25) is 10.0 Å². The molecular weight excluding hydrogens is 400 g/mol. The molecule has 0 saturated heterocycles. The summed E-state index contributed by atoms with van der Waals surface area (Å²) in [5.74, 6) is 1.13. The molecule has 4 rings (SSSR count). The summed E-state index contributed by atoms with van der Waals surface area (Å²) in [6, 6.07) is 11.2. The van der Waals surface area contributed by atoms with Crippen LogP contribution in [0.2, 0.25) is 0 Å². The second kappa shape index (κ2) is 7.96. The smallest absolute Gasteiger partial charge is 0.321 e. The summed E-state index contributed by atoms with van der Waals surface area (Å²) in [4.78, 5) is 4.65. The molecule has 0 radical (unpaired) electrons. The van der Waals surface area contributed by atoms with Gasteiger partial charge in [-0.3, -0.25) is 0 Å². The number of nitrogens with one attached hydrogen (secondary N) is 2. The molecule has 0 spiro atoms. The van der Waals surface area contributed by atoms with Crippen LogP contribution < -0.4 is 10.0 Å². The van der Waals surface area contributed by atoms with Gasteiger partial charge in [-0.25, -0.2) is 13.1 Å². The Hall–Kier alpha value is -1.93. The van der Waals surface area contributed by atoms with Gasteiger partial charge in [-0.2, -0.15) is 4.98 Å². The molecule has 0 aliphatic heterocycles. The highest BCUT2D eigenvalue weighted by molar-refractivity contribution is 7.90.